The maximum atomic E-state index is 13.9. The average molecular weight is 336 g/mol. The van der Waals surface area contributed by atoms with Crippen LogP contribution in [0.3, 0.4) is 0 Å². The Kier molecular flexibility index (Phi) is 4.55. The van der Waals surface area contributed by atoms with Crippen molar-refractivity contribution in [3.8, 4) is 0 Å². The molecule has 2 aromatic rings. The lowest BCUT2D eigenvalue weighted by Crippen LogP contribution is -2.16. The number of halogens is 2. The average Bonchev–Trinajstić information content (AvgIpc) is 2.44. The van der Waals surface area contributed by atoms with Crippen molar-refractivity contribution in [2.75, 3.05) is 5.32 Å². The molecule has 0 radical (unpaired) electrons. The van der Waals surface area contributed by atoms with Crippen molar-refractivity contribution < 1.29 is 9.18 Å². The number of carbonyl (C=O) groups is 1. The van der Waals surface area contributed by atoms with Gasteiger partial charge in [-0.05, 0) is 52.5 Å². The largest absolute Gasteiger partial charge is 0.321 e. The molecule has 104 valence electrons. The fourth-order valence-corrected chi connectivity index (χ4v) is 2.43. The van der Waals surface area contributed by atoms with Crippen molar-refractivity contribution in [3.05, 3.63) is 63.4 Å². The summed E-state index contributed by atoms with van der Waals surface area (Å²) in [7, 11) is 0. The van der Waals surface area contributed by atoms with Crippen molar-refractivity contribution in [2.45, 2.75) is 20.3 Å². The lowest BCUT2D eigenvalue weighted by molar-refractivity contribution is 0.102. The molecule has 2 rings (SSSR count). The molecular formula is C16H15BrFNO. The maximum absolute atomic E-state index is 13.9. The van der Waals surface area contributed by atoms with Crippen molar-refractivity contribution >= 4 is 27.5 Å². The number of para-hydroxylation sites is 1. The molecule has 0 aliphatic rings. The van der Waals surface area contributed by atoms with Crippen LogP contribution in [-0.2, 0) is 6.42 Å². The number of hydrogen-bond acceptors (Lipinski definition) is 1. The van der Waals surface area contributed by atoms with Crippen LogP contribution >= 0.6 is 15.9 Å². The van der Waals surface area contributed by atoms with E-state index < -0.39 is 11.7 Å². The Morgan fingerprint density at radius 1 is 1.25 bits per heavy atom. The molecule has 0 unspecified atom stereocenters. The van der Waals surface area contributed by atoms with Crippen LogP contribution in [0.1, 0.15) is 28.4 Å². The van der Waals surface area contributed by atoms with E-state index in [1.807, 2.05) is 32.0 Å². The normalized spacial score (nSPS) is 10.4. The highest BCUT2D eigenvalue weighted by Gasteiger charge is 2.15. The van der Waals surface area contributed by atoms with Crippen LogP contribution in [0.4, 0.5) is 10.1 Å². The van der Waals surface area contributed by atoms with Gasteiger partial charge in [0.25, 0.3) is 5.91 Å². The van der Waals surface area contributed by atoms with Crippen LogP contribution in [-0.4, -0.2) is 5.91 Å². The Balaban J connectivity index is 2.35. The van der Waals surface area contributed by atoms with E-state index in [4.69, 9.17) is 0 Å². The molecule has 0 aliphatic heterocycles. The SMILES string of the molecule is CCc1cccc(C)c1NC(=O)c1cccc(Br)c1F. The van der Waals surface area contributed by atoms with Crippen LogP contribution in [0, 0.1) is 12.7 Å². The Morgan fingerprint density at radius 3 is 2.65 bits per heavy atom. The molecule has 0 aliphatic carbocycles. The molecule has 0 bridgehead atoms. The first-order valence-corrected chi connectivity index (χ1v) is 7.17. The molecular weight excluding hydrogens is 321 g/mol. The number of hydrogen-bond donors (Lipinski definition) is 1. The lowest BCUT2D eigenvalue weighted by Gasteiger charge is -2.13. The van der Waals surface area contributed by atoms with E-state index in [9.17, 15) is 9.18 Å². The Morgan fingerprint density at radius 2 is 1.95 bits per heavy atom. The molecule has 0 fully saturated rings. The predicted octanol–water partition coefficient (Wildman–Crippen LogP) is 4.71. The molecule has 2 nitrogen and oxygen atoms in total. The number of anilines is 1. The van der Waals surface area contributed by atoms with Crippen molar-refractivity contribution in [2.24, 2.45) is 0 Å². The second kappa shape index (κ2) is 6.18. The third-order valence-corrected chi connectivity index (χ3v) is 3.79. The lowest BCUT2D eigenvalue weighted by atomic mass is 10.1. The predicted molar refractivity (Wildman–Crippen MR) is 82.6 cm³/mol. The number of benzene rings is 2. The Labute approximate surface area is 126 Å². The number of aryl methyl sites for hydroxylation is 2. The van der Waals surface area contributed by atoms with Gasteiger partial charge in [-0.25, -0.2) is 4.39 Å². The molecule has 0 aromatic heterocycles. The minimum absolute atomic E-state index is 0.0321. The molecule has 0 atom stereocenters. The third-order valence-electron chi connectivity index (χ3n) is 3.17. The van der Waals surface area contributed by atoms with E-state index in [0.29, 0.717) is 0 Å². The molecule has 0 heterocycles. The monoisotopic (exact) mass is 335 g/mol. The molecule has 4 heteroatoms. The zero-order valence-corrected chi connectivity index (χ0v) is 12.9. The molecule has 20 heavy (non-hydrogen) atoms. The second-order valence-corrected chi connectivity index (χ2v) is 5.37. The summed E-state index contributed by atoms with van der Waals surface area (Å²) >= 11 is 3.09. The van der Waals surface area contributed by atoms with Gasteiger partial charge in [0.1, 0.15) is 5.82 Å². The first-order valence-electron chi connectivity index (χ1n) is 6.38. The Hall–Kier alpha value is -1.68. The fraction of sp³-hybridized carbons (Fsp3) is 0.188. The van der Waals surface area contributed by atoms with Gasteiger partial charge >= 0.3 is 0 Å². The second-order valence-electron chi connectivity index (χ2n) is 4.52. The smallest absolute Gasteiger partial charge is 0.258 e. The van der Waals surface area contributed by atoms with Crippen LogP contribution in [0.2, 0.25) is 0 Å². The molecule has 0 spiro atoms. The summed E-state index contributed by atoms with van der Waals surface area (Å²) in [4.78, 5) is 12.2. The summed E-state index contributed by atoms with van der Waals surface area (Å²) in [6.45, 7) is 3.94. The summed E-state index contributed by atoms with van der Waals surface area (Å²) in [5.74, 6) is -0.982. The number of nitrogens with one attached hydrogen (secondary N) is 1. The van der Waals surface area contributed by atoms with E-state index in [1.54, 1.807) is 12.1 Å². The summed E-state index contributed by atoms with van der Waals surface area (Å²) in [6, 6.07) is 10.5. The van der Waals surface area contributed by atoms with Gasteiger partial charge in [-0.15, -0.1) is 0 Å². The fourth-order valence-electron chi connectivity index (χ4n) is 2.06. The van der Waals surface area contributed by atoms with E-state index in [-0.39, 0.29) is 10.0 Å². The summed E-state index contributed by atoms with van der Waals surface area (Å²) in [5, 5.41) is 2.81. The standard InChI is InChI=1S/C16H15BrFNO/c1-3-11-7-4-6-10(2)15(11)19-16(20)12-8-5-9-13(17)14(12)18/h4-9H,3H2,1-2H3,(H,19,20). The van der Waals surface area contributed by atoms with Gasteiger partial charge in [0.15, 0.2) is 0 Å². The van der Waals surface area contributed by atoms with Gasteiger partial charge in [-0.1, -0.05) is 31.2 Å². The highest BCUT2D eigenvalue weighted by atomic mass is 79.9. The minimum Gasteiger partial charge on any atom is -0.321 e. The zero-order valence-electron chi connectivity index (χ0n) is 11.3. The summed E-state index contributed by atoms with van der Waals surface area (Å²) < 4.78 is 14.2. The quantitative estimate of drug-likeness (QED) is 0.864. The maximum Gasteiger partial charge on any atom is 0.258 e. The van der Waals surface area contributed by atoms with Crippen molar-refractivity contribution in [1.29, 1.82) is 0 Å². The van der Waals surface area contributed by atoms with E-state index in [1.165, 1.54) is 6.07 Å². The minimum atomic E-state index is -0.545. The van der Waals surface area contributed by atoms with Gasteiger partial charge in [0.2, 0.25) is 0 Å². The van der Waals surface area contributed by atoms with Gasteiger partial charge in [0.05, 0.1) is 10.0 Å². The highest BCUT2D eigenvalue weighted by Crippen LogP contribution is 2.24. The van der Waals surface area contributed by atoms with Crippen molar-refractivity contribution in [3.63, 3.8) is 0 Å². The van der Waals surface area contributed by atoms with Gasteiger partial charge in [-0.3, -0.25) is 4.79 Å². The van der Waals surface area contributed by atoms with E-state index in [2.05, 4.69) is 21.2 Å². The summed E-state index contributed by atoms with van der Waals surface area (Å²) in [5.41, 5.74) is 2.80. The van der Waals surface area contributed by atoms with E-state index in [0.717, 1.165) is 23.2 Å². The first kappa shape index (κ1) is 14.7. The zero-order chi connectivity index (χ0) is 14.7. The Bertz CT molecular complexity index is 655. The first-order chi connectivity index (χ1) is 9.54. The number of rotatable bonds is 3. The van der Waals surface area contributed by atoms with Crippen LogP contribution in [0.5, 0.6) is 0 Å². The molecule has 1 amide bonds. The highest BCUT2D eigenvalue weighted by molar-refractivity contribution is 9.10. The van der Waals surface area contributed by atoms with Gasteiger partial charge in [-0.2, -0.15) is 0 Å². The third kappa shape index (κ3) is 2.90. The summed E-state index contributed by atoms with van der Waals surface area (Å²) in [6.07, 6.45) is 0.804. The van der Waals surface area contributed by atoms with Crippen LogP contribution < -0.4 is 5.32 Å². The van der Waals surface area contributed by atoms with Crippen molar-refractivity contribution in [1.82, 2.24) is 0 Å². The molecule has 1 N–H and O–H groups in total. The van der Waals surface area contributed by atoms with Crippen LogP contribution in [0.15, 0.2) is 40.9 Å². The van der Waals surface area contributed by atoms with Gasteiger partial charge < -0.3 is 5.32 Å². The number of carbonyl (C=O) groups excluding carboxylic acids is 1. The molecule has 2 aromatic carbocycles. The van der Waals surface area contributed by atoms with Gasteiger partial charge in [0, 0.05) is 5.69 Å². The topological polar surface area (TPSA) is 29.1 Å². The molecule has 0 saturated heterocycles. The number of amides is 1. The molecule has 0 saturated carbocycles. The van der Waals surface area contributed by atoms with Crippen LogP contribution in [0.25, 0.3) is 0 Å². The van der Waals surface area contributed by atoms with E-state index >= 15 is 0 Å².